The van der Waals surface area contributed by atoms with Crippen molar-refractivity contribution in [1.82, 2.24) is 0 Å². The van der Waals surface area contributed by atoms with Crippen molar-refractivity contribution in [2.75, 3.05) is 0 Å². The molecule has 0 fully saturated rings. The summed E-state index contributed by atoms with van der Waals surface area (Å²) in [6.45, 7) is 1.89. The zero-order valence-corrected chi connectivity index (χ0v) is 11.4. The summed E-state index contributed by atoms with van der Waals surface area (Å²) in [5.74, 6) is -1.02. The Morgan fingerprint density at radius 2 is 2.00 bits per heavy atom. The molecule has 100 valence electrons. The number of hydrogen-bond acceptors (Lipinski definition) is 2. The average molecular weight is 289 g/mol. The van der Waals surface area contributed by atoms with E-state index in [0.717, 1.165) is 17.0 Å². The predicted molar refractivity (Wildman–Crippen MR) is 75.8 cm³/mol. The molecule has 0 aliphatic heterocycles. The Morgan fingerprint density at radius 3 is 2.70 bits per heavy atom. The van der Waals surface area contributed by atoms with Crippen LogP contribution in [-0.2, 0) is 0 Å². The number of fused-ring (bicyclic) bond motifs is 1. The highest BCUT2D eigenvalue weighted by Gasteiger charge is 2.18. The Bertz CT molecular complexity index is 820. The monoisotopic (exact) mass is 288 g/mol. The average Bonchev–Trinajstić information content (AvgIpc) is 2.83. The first-order valence-corrected chi connectivity index (χ1v) is 6.43. The van der Waals surface area contributed by atoms with E-state index in [1.165, 1.54) is 12.1 Å². The van der Waals surface area contributed by atoms with Gasteiger partial charge in [0.1, 0.15) is 11.4 Å². The van der Waals surface area contributed by atoms with Gasteiger partial charge in [-0.2, -0.15) is 0 Å². The first kappa shape index (κ1) is 12.9. The summed E-state index contributed by atoms with van der Waals surface area (Å²) in [4.78, 5) is 12.3. The van der Waals surface area contributed by atoms with Gasteiger partial charge in [-0.3, -0.25) is 4.79 Å². The Morgan fingerprint density at radius 1 is 1.20 bits per heavy atom. The van der Waals surface area contributed by atoms with E-state index in [2.05, 4.69) is 0 Å². The van der Waals surface area contributed by atoms with Gasteiger partial charge in [-0.15, -0.1) is 0 Å². The van der Waals surface area contributed by atoms with Crippen LogP contribution >= 0.6 is 11.6 Å². The summed E-state index contributed by atoms with van der Waals surface area (Å²) in [7, 11) is 0. The number of benzene rings is 2. The highest BCUT2D eigenvalue weighted by atomic mass is 35.5. The second-order valence-electron chi connectivity index (χ2n) is 4.56. The standard InChI is InChI=1S/C16H10ClFO2/c1-9-3-2-4-10-7-14(20-16(9)10)15(19)12-6-5-11(17)8-13(12)18/h2-8H,1H3. The van der Waals surface area contributed by atoms with Crippen LogP contribution in [0.25, 0.3) is 11.0 Å². The molecule has 0 bridgehead atoms. The summed E-state index contributed by atoms with van der Waals surface area (Å²) in [5, 5.41) is 1.07. The quantitative estimate of drug-likeness (QED) is 0.636. The second-order valence-corrected chi connectivity index (χ2v) is 4.99. The van der Waals surface area contributed by atoms with Crippen LogP contribution in [0.4, 0.5) is 4.39 Å². The van der Waals surface area contributed by atoms with Crippen molar-refractivity contribution in [2.24, 2.45) is 0 Å². The number of ketones is 1. The molecule has 1 heterocycles. The molecule has 0 aliphatic rings. The lowest BCUT2D eigenvalue weighted by Crippen LogP contribution is -2.02. The van der Waals surface area contributed by atoms with Crippen molar-refractivity contribution in [3.8, 4) is 0 Å². The number of aryl methyl sites for hydroxylation is 1. The van der Waals surface area contributed by atoms with Crippen molar-refractivity contribution < 1.29 is 13.6 Å². The third-order valence-corrected chi connectivity index (χ3v) is 3.38. The Labute approximate surface area is 119 Å². The highest BCUT2D eigenvalue weighted by Crippen LogP contribution is 2.25. The van der Waals surface area contributed by atoms with Crippen LogP contribution in [-0.4, -0.2) is 5.78 Å². The minimum Gasteiger partial charge on any atom is -0.452 e. The maximum Gasteiger partial charge on any atom is 0.231 e. The Balaban J connectivity index is 2.10. The van der Waals surface area contributed by atoms with Crippen molar-refractivity contribution in [3.05, 3.63) is 70.2 Å². The fraction of sp³-hybridized carbons (Fsp3) is 0.0625. The van der Waals surface area contributed by atoms with E-state index >= 15 is 0 Å². The van der Waals surface area contributed by atoms with Gasteiger partial charge in [-0.05, 0) is 36.8 Å². The summed E-state index contributed by atoms with van der Waals surface area (Å²) in [6, 6.07) is 11.2. The number of hydrogen-bond donors (Lipinski definition) is 0. The van der Waals surface area contributed by atoms with Crippen LogP contribution in [0.15, 0.2) is 46.9 Å². The molecule has 3 rings (SSSR count). The lowest BCUT2D eigenvalue weighted by molar-refractivity contribution is 0.101. The summed E-state index contributed by atoms with van der Waals surface area (Å²) >= 11 is 5.68. The van der Waals surface area contributed by atoms with Crippen LogP contribution in [0.1, 0.15) is 21.7 Å². The van der Waals surface area contributed by atoms with E-state index in [1.54, 1.807) is 6.07 Å². The van der Waals surface area contributed by atoms with E-state index < -0.39 is 11.6 Å². The summed E-state index contributed by atoms with van der Waals surface area (Å²) in [6.07, 6.45) is 0. The molecule has 3 aromatic rings. The fourth-order valence-electron chi connectivity index (χ4n) is 2.13. The van der Waals surface area contributed by atoms with E-state index in [4.69, 9.17) is 16.0 Å². The van der Waals surface area contributed by atoms with Gasteiger partial charge in [-0.25, -0.2) is 4.39 Å². The summed E-state index contributed by atoms with van der Waals surface area (Å²) in [5.41, 5.74) is 1.52. The van der Waals surface area contributed by atoms with Gasteiger partial charge >= 0.3 is 0 Å². The van der Waals surface area contributed by atoms with Gasteiger partial charge in [0, 0.05) is 10.4 Å². The van der Waals surface area contributed by atoms with Gasteiger partial charge in [0.05, 0.1) is 5.56 Å². The van der Waals surface area contributed by atoms with Gasteiger partial charge < -0.3 is 4.42 Å². The molecule has 0 saturated carbocycles. The third kappa shape index (κ3) is 2.10. The molecular weight excluding hydrogens is 279 g/mol. The zero-order valence-electron chi connectivity index (χ0n) is 10.6. The summed E-state index contributed by atoms with van der Waals surface area (Å²) < 4.78 is 19.3. The molecule has 20 heavy (non-hydrogen) atoms. The predicted octanol–water partition coefficient (Wildman–Crippen LogP) is 4.76. The normalized spacial score (nSPS) is 10.9. The van der Waals surface area contributed by atoms with E-state index in [1.807, 2.05) is 25.1 Å². The SMILES string of the molecule is Cc1cccc2cc(C(=O)c3ccc(Cl)cc3F)oc12. The van der Waals surface area contributed by atoms with E-state index in [9.17, 15) is 9.18 Å². The maximum atomic E-state index is 13.8. The molecule has 0 spiro atoms. The van der Waals surface area contributed by atoms with Gasteiger partial charge in [-0.1, -0.05) is 29.8 Å². The molecule has 4 heteroatoms. The van der Waals surface area contributed by atoms with Crippen molar-refractivity contribution in [2.45, 2.75) is 6.92 Å². The van der Waals surface area contributed by atoms with Crippen LogP contribution < -0.4 is 0 Å². The largest absolute Gasteiger partial charge is 0.452 e. The lowest BCUT2D eigenvalue weighted by atomic mass is 10.1. The van der Waals surface area contributed by atoms with Gasteiger partial charge in [0.2, 0.25) is 5.78 Å². The molecule has 0 unspecified atom stereocenters. The zero-order chi connectivity index (χ0) is 14.3. The van der Waals surface area contributed by atoms with Crippen LogP contribution in [0.5, 0.6) is 0 Å². The smallest absolute Gasteiger partial charge is 0.231 e. The van der Waals surface area contributed by atoms with Gasteiger partial charge in [0.15, 0.2) is 5.76 Å². The number of halogens is 2. The Hall–Kier alpha value is -2.13. The Kier molecular flexibility index (Phi) is 3.07. The first-order chi connectivity index (χ1) is 9.56. The van der Waals surface area contributed by atoms with Crippen LogP contribution in [0, 0.1) is 12.7 Å². The number of rotatable bonds is 2. The molecule has 0 atom stereocenters. The number of carbonyl (C=O) groups is 1. The fourth-order valence-corrected chi connectivity index (χ4v) is 2.29. The second kappa shape index (κ2) is 4.76. The van der Waals surface area contributed by atoms with Crippen LogP contribution in [0.2, 0.25) is 5.02 Å². The molecule has 0 aliphatic carbocycles. The van der Waals surface area contributed by atoms with E-state index in [-0.39, 0.29) is 16.3 Å². The minimum atomic E-state index is -0.653. The molecule has 0 N–H and O–H groups in total. The number of carbonyl (C=O) groups excluding carboxylic acids is 1. The van der Waals surface area contributed by atoms with E-state index in [0.29, 0.717) is 5.58 Å². The first-order valence-electron chi connectivity index (χ1n) is 6.05. The molecule has 2 aromatic carbocycles. The maximum absolute atomic E-state index is 13.8. The molecule has 2 nitrogen and oxygen atoms in total. The lowest BCUT2D eigenvalue weighted by Gasteiger charge is -2.00. The topological polar surface area (TPSA) is 30.2 Å². The van der Waals surface area contributed by atoms with Crippen molar-refractivity contribution in [3.63, 3.8) is 0 Å². The third-order valence-electron chi connectivity index (χ3n) is 3.14. The number of furan rings is 1. The molecule has 0 radical (unpaired) electrons. The van der Waals surface area contributed by atoms with Crippen molar-refractivity contribution >= 4 is 28.4 Å². The molecular formula is C16H10ClFO2. The number of para-hydroxylation sites is 1. The molecule has 0 saturated heterocycles. The highest BCUT2D eigenvalue weighted by molar-refractivity contribution is 6.30. The minimum absolute atomic E-state index is 0.0499. The molecule has 0 amide bonds. The van der Waals surface area contributed by atoms with Gasteiger partial charge in [0.25, 0.3) is 0 Å². The van der Waals surface area contributed by atoms with Crippen LogP contribution in [0.3, 0.4) is 0 Å². The molecule has 1 aromatic heterocycles. The van der Waals surface area contributed by atoms with Crippen molar-refractivity contribution in [1.29, 1.82) is 0 Å².